The van der Waals surface area contributed by atoms with E-state index in [0.29, 0.717) is 25.4 Å². The topological polar surface area (TPSA) is 58.6 Å². The normalized spacial score (nSPS) is 14.8. The van der Waals surface area contributed by atoms with Gasteiger partial charge >= 0.3 is 0 Å². The van der Waals surface area contributed by atoms with Crippen molar-refractivity contribution in [2.24, 2.45) is 0 Å². The molecule has 1 aliphatic rings. The van der Waals surface area contributed by atoms with Gasteiger partial charge in [0.25, 0.3) is 5.91 Å². The van der Waals surface area contributed by atoms with E-state index >= 15 is 0 Å². The molecule has 1 aliphatic heterocycles. The molecule has 0 unspecified atom stereocenters. The van der Waals surface area contributed by atoms with Crippen LogP contribution in [0.3, 0.4) is 0 Å². The highest BCUT2D eigenvalue weighted by atomic mass is 16.5. The number of carbonyl (C=O) groups excluding carboxylic acids is 2. The predicted octanol–water partition coefficient (Wildman–Crippen LogP) is 4.32. The third-order valence-corrected chi connectivity index (χ3v) is 5.50. The summed E-state index contributed by atoms with van der Waals surface area (Å²) in [7, 11) is 0. The Morgan fingerprint density at radius 1 is 1.10 bits per heavy atom. The van der Waals surface area contributed by atoms with Crippen molar-refractivity contribution in [3.8, 4) is 5.75 Å². The SMILES string of the molecule is Cc1ccc(C(C)C)c(O[C@H](C)C(=O)NCc2ccc(CN3CCCC3=O)cc2)c1. The lowest BCUT2D eigenvalue weighted by Gasteiger charge is -2.19. The van der Waals surface area contributed by atoms with Crippen LogP contribution < -0.4 is 10.1 Å². The maximum absolute atomic E-state index is 12.5. The molecule has 2 amide bonds. The first-order valence-electron chi connectivity index (χ1n) is 10.7. The highest BCUT2D eigenvalue weighted by Crippen LogP contribution is 2.28. The lowest BCUT2D eigenvalue weighted by Crippen LogP contribution is -2.36. The molecule has 0 aromatic heterocycles. The monoisotopic (exact) mass is 408 g/mol. The molecule has 0 bridgehead atoms. The summed E-state index contributed by atoms with van der Waals surface area (Å²) >= 11 is 0. The fourth-order valence-electron chi connectivity index (χ4n) is 3.65. The van der Waals surface area contributed by atoms with E-state index in [2.05, 4.69) is 31.3 Å². The van der Waals surface area contributed by atoms with Crippen LogP contribution in [-0.2, 0) is 22.7 Å². The number of carbonyl (C=O) groups is 2. The zero-order valence-electron chi connectivity index (χ0n) is 18.4. The van der Waals surface area contributed by atoms with Gasteiger partial charge in [-0.05, 0) is 54.5 Å². The van der Waals surface area contributed by atoms with Crippen LogP contribution in [0.5, 0.6) is 5.75 Å². The van der Waals surface area contributed by atoms with Crippen molar-refractivity contribution in [3.63, 3.8) is 0 Å². The Labute approximate surface area is 179 Å². The van der Waals surface area contributed by atoms with E-state index in [0.717, 1.165) is 41.0 Å². The number of rotatable bonds is 8. The lowest BCUT2D eigenvalue weighted by atomic mass is 10.0. The molecule has 0 saturated carbocycles. The second kappa shape index (κ2) is 9.79. The maximum Gasteiger partial charge on any atom is 0.261 e. The fraction of sp³-hybridized carbons (Fsp3) is 0.440. The molecular formula is C25H32N2O3. The predicted molar refractivity (Wildman–Crippen MR) is 118 cm³/mol. The first kappa shape index (κ1) is 21.9. The molecule has 160 valence electrons. The number of hydrogen-bond acceptors (Lipinski definition) is 3. The van der Waals surface area contributed by atoms with E-state index in [1.54, 1.807) is 6.92 Å². The van der Waals surface area contributed by atoms with E-state index in [1.165, 1.54) is 0 Å². The number of nitrogens with zero attached hydrogens (tertiary/aromatic N) is 1. The standard InChI is InChI=1S/C25H32N2O3/c1-17(2)22-12-7-18(3)14-23(22)30-19(4)25(29)26-15-20-8-10-21(11-9-20)16-27-13-5-6-24(27)28/h7-12,14,17,19H,5-6,13,15-16H2,1-4H3,(H,26,29)/t19-/m1/s1. The van der Waals surface area contributed by atoms with Gasteiger partial charge in [-0.2, -0.15) is 0 Å². The molecular weight excluding hydrogens is 376 g/mol. The molecule has 1 saturated heterocycles. The van der Waals surface area contributed by atoms with Crippen molar-refractivity contribution < 1.29 is 14.3 Å². The van der Waals surface area contributed by atoms with Crippen molar-refractivity contribution in [1.29, 1.82) is 0 Å². The average molecular weight is 409 g/mol. The first-order valence-corrected chi connectivity index (χ1v) is 10.7. The molecule has 2 aromatic rings. The number of aryl methyl sites for hydroxylation is 1. The minimum Gasteiger partial charge on any atom is -0.481 e. The number of ether oxygens (including phenoxy) is 1. The third-order valence-electron chi connectivity index (χ3n) is 5.50. The van der Waals surface area contributed by atoms with Gasteiger partial charge in [-0.3, -0.25) is 9.59 Å². The van der Waals surface area contributed by atoms with Gasteiger partial charge in [0.1, 0.15) is 5.75 Å². The van der Waals surface area contributed by atoms with Gasteiger partial charge in [-0.15, -0.1) is 0 Å². The van der Waals surface area contributed by atoms with Crippen LogP contribution >= 0.6 is 0 Å². The number of hydrogen-bond donors (Lipinski definition) is 1. The quantitative estimate of drug-likeness (QED) is 0.707. The molecule has 0 aliphatic carbocycles. The molecule has 5 heteroatoms. The lowest BCUT2D eigenvalue weighted by molar-refractivity contribution is -0.128. The summed E-state index contributed by atoms with van der Waals surface area (Å²) in [5, 5.41) is 2.95. The minimum absolute atomic E-state index is 0.141. The zero-order valence-corrected chi connectivity index (χ0v) is 18.4. The highest BCUT2D eigenvalue weighted by molar-refractivity contribution is 5.80. The van der Waals surface area contributed by atoms with Gasteiger partial charge < -0.3 is 15.0 Å². The maximum atomic E-state index is 12.5. The minimum atomic E-state index is -0.579. The molecule has 0 radical (unpaired) electrons. The molecule has 1 atom stereocenters. The Hall–Kier alpha value is -2.82. The van der Waals surface area contributed by atoms with E-state index in [1.807, 2.05) is 42.2 Å². The highest BCUT2D eigenvalue weighted by Gasteiger charge is 2.20. The molecule has 30 heavy (non-hydrogen) atoms. The molecule has 2 aromatic carbocycles. The second-order valence-electron chi connectivity index (χ2n) is 8.41. The summed E-state index contributed by atoms with van der Waals surface area (Å²) in [4.78, 5) is 26.2. The number of likely N-dealkylation sites (tertiary alicyclic amines) is 1. The van der Waals surface area contributed by atoms with Crippen LogP contribution in [0.25, 0.3) is 0 Å². The smallest absolute Gasteiger partial charge is 0.261 e. The third kappa shape index (κ3) is 5.62. The Balaban J connectivity index is 1.52. The van der Waals surface area contributed by atoms with Crippen LogP contribution in [0.2, 0.25) is 0 Å². The van der Waals surface area contributed by atoms with Crippen LogP contribution in [0.1, 0.15) is 61.8 Å². The van der Waals surface area contributed by atoms with Crippen molar-refractivity contribution >= 4 is 11.8 Å². The summed E-state index contributed by atoms with van der Waals surface area (Å²) < 4.78 is 5.99. The molecule has 1 N–H and O–H groups in total. The Morgan fingerprint density at radius 3 is 2.43 bits per heavy atom. The number of benzene rings is 2. The molecule has 5 nitrogen and oxygen atoms in total. The average Bonchev–Trinajstić information content (AvgIpc) is 3.11. The van der Waals surface area contributed by atoms with Gasteiger partial charge in [0.2, 0.25) is 5.91 Å². The summed E-state index contributed by atoms with van der Waals surface area (Å²) in [5.41, 5.74) is 4.34. The Morgan fingerprint density at radius 2 is 1.80 bits per heavy atom. The van der Waals surface area contributed by atoms with E-state index in [4.69, 9.17) is 4.74 Å². The van der Waals surface area contributed by atoms with Gasteiger partial charge in [0.05, 0.1) is 0 Å². The Kier molecular flexibility index (Phi) is 7.14. The summed E-state index contributed by atoms with van der Waals surface area (Å²) in [6, 6.07) is 14.2. The molecule has 1 heterocycles. The number of amides is 2. The first-order chi connectivity index (χ1) is 14.3. The zero-order chi connectivity index (χ0) is 21.7. The molecule has 3 rings (SSSR count). The van der Waals surface area contributed by atoms with Gasteiger partial charge in [-0.25, -0.2) is 0 Å². The summed E-state index contributed by atoms with van der Waals surface area (Å²) in [6.45, 7) is 9.97. The Bertz CT molecular complexity index is 890. The van der Waals surface area contributed by atoms with E-state index in [9.17, 15) is 9.59 Å². The summed E-state index contributed by atoms with van der Waals surface area (Å²) in [5.74, 6) is 1.19. The van der Waals surface area contributed by atoms with Gasteiger partial charge in [0.15, 0.2) is 6.10 Å². The van der Waals surface area contributed by atoms with Gasteiger partial charge in [-0.1, -0.05) is 50.2 Å². The second-order valence-corrected chi connectivity index (χ2v) is 8.41. The number of nitrogens with one attached hydrogen (secondary N) is 1. The largest absolute Gasteiger partial charge is 0.481 e. The van der Waals surface area contributed by atoms with Crippen LogP contribution in [-0.4, -0.2) is 29.4 Å². The molecule has 0 spiro atoms. The van der Waals surface area contributed by atoms with Crippen LogP contribution in [0.4, 0.5) is 0 Å². The van der Waals surface area contributed by atoms with Crippen molar-refractivity contribution in [3.05, 3.63) is 64.7 Å². The van der Waals surface area contributed by atoms with Crippen LogP contribution in [0.15, 0.2) is 42.5 Å². The van der Waals surface area contributed by atoms with Crippen LogP contribution in [0, 0.1) is 6.92 Å². The fourth-order valence-corrected chi connectivity index (χ4v) is 3.65. The van der Waals surface area contributed by atoms with Crippen molar-refractivity contribution in [2.75, 3.05) is 6.54 Å². The van der Waals surface area contributed by atoms with E-state index in [-0.39, 0.29) is 11.8 Å². The molecule has 1 fully saturated rings. The van der Waals surface area contributed by atoms with Crippen molar-refractivity contribution in [1.82, 2.24) is 10.2 Å². The van der Waals surface area contributed by atoms with Gasteiger partial charge in [0, 0.05) is 26.1 Å². The van der Waals surface area contributed by atoms with Crippen molar-refractivity contribution in [2.45, 2.75) is 65.6 Å². The van der Waals surface area contributed by atoms with E-state index < -0.39 is 6.10 Å². The summed E-state index contributed by atoms with van der Waals surface area (Å²) in [6.07, 6.45) is 1.03.